The van der Waals surface area contributed by atoms with E-state index >= 15 is 0 Å². The zero-order chi connectivity index (χ0) is 11.6. The quantitative estimate of drug-likeness (QED) is 0.806. The molecular formula is C10H17N3O2. The minimum Gasteiger partial charge on any atom is -0.346 e. The van der Waals surface area contributed by atoms with Crippen molar-refractivity contribution in [1.82, 2.24) is 15.5 Å². The Labute approximate surface area is 89.2 Å². The Bertz CT molecular complexity index is 352. The molecule has 0 aromatic carbocycles. The lowest BCUT2D eigenvalue weighted by Crippen LogP contribution is -2.36. The maximum atomic E-state index is 11.7. The Kier molecular flexibility index (Phi) is 3.12. The summed E-state index contributed by atoms with van der Waals surface area (Å²) in [6.07, 6.45) is 0. The van der Waals surface area contributed by atoms with Crippen LogP contribution in [-0.2, 0) is 4.79 Å². The van der Waals surface area contributed by atoms with Crippen molar-refractivity contribution in [3.05, 3.63) is 11.7 Å². The Morgan fingerprint density at radius 1 is 1.47 bits per heavy atom. The average molecular weight is 211 g/mol. The van der Waals surface area contributed by atoms with Crippen molar-refractivity contribution in [1.29, 1.82) is 0 Å². The van der Waals surface area contributed by atoms with Crippen molar-refractivity contribution in [2.24, 2.45) is 5.41 Å². The van der Waals surface area contributed by atoms with Crippen LogP contribution in [0.2, 0.25) is 0 Å². The topological polar surface area (TPSA) is 68.0 Å². The number of carbonyl (C=O) groups excluding carboxylic acids is 1. The van der Waals surface area contributed by atoms with Gasteiger partial charge in [0.25, 0.3) is 0 Å². The van der Waals surface area contributed by atoms with Crippen LogP contribution in [0.4, 0.5) is 0 Å². The highest BCUT2D eigenvalue weighted by atomic mass is 16.5. The highest BCUT2D eigenvalue weighted by molar-refractivity contribution is 5.81. The summed E-state index contributed by atoms with van der Waals surface area (Å²) in [5, 5.41) is 6.58. The van der Waals surface area contributed by atoms with Crippen LogP contribution in [-0.4, -0.2) is 16.0 Å². The molecule has 0 aliphatic heterocycles. The van der Waals surface area contributed by atoms with Crippen LogP contribution >= 0.6 is 0 Å². The van der Waals surface area contributed by atoms with Gasteiger partial charge in [0.15, 0.2) is 5.82 Å². The maximum absolute atomic E-state index is 11.7. The normalized spacial score (nSPS) is 13.7. The van der Waals surface area contributed by atoms with Crippen molar-refractivity contribution in [3.8, 4) is 0 Å². The molecular weight excluding hydrogens is 194 g/mol. The molecule has 0 aliphatic carbocycles. The summed E-state index contributed by atoms with van der Waals surface area (Å²) in [4.78, 5) is 15.7. The van der Waals surface area contributed by atoms with Crippen LogP contribution < -0.4 is 5.32 Å². The van der Waals surface area contributed by atoms with E-state index in [9.17, 15) is 4.79 Å². The number of rotatable bonds is 2. The number of hydrogen-bond acceptors (Lipinski definition) is 4. The Hall–Kier alpha value is -1.39. The summed E-state index contributed by atoms with van der Waals surface area (Å²) in [5.74, 6) is 0.976. The highest BCUT2D eigenvalue weighted by Gasteiger charge is 2.24. The molecule has 1 aromatic heterocycles. The number of carbonyl (C=O) groups is 1. The first kappa shape index (κ1) is 11.7. The van der Waals surface area contributed by atoms with Crippen molar-refractivity contribution in [3.63, 3.8) is 0 Å². The Morgan fingerprint density at radius 3 is 2.47 bits per heavy atom. The molecule has 1 aromatic rings. The number of aromatic nitrogens is 2. The zero-order valence-electron chi connectivity index (χ0n) is 9.79. The maximum Gasteiger partial charge on any atom is 0.225 e. The van der Waals surface area contributed by atoms with Crippen molar-refractivity contribution < 1.29 is 9.32 Å². The third kappa shape index (κ3) is 3.04. The summed E-state index contributed by atoms with van der Waals surface area (Å²) < 4.78 is 4.84. The van der Waals surface area contributed by atoms with Crippen molar-refractivity contribution in [2.45, 2.75) is 40.7 Å². The lowest BCUT2D eigenvalue weighted by molar-refractivity contribution is -0.129. The molecule has 0 saturated carbocycles. The first-order valence-electron chi connectivity index (χ1n) is 4.92. The minimum atomic E-state index is -0.410. The van der Waals surface area contributed by atoms with Crippen LogP contribution in [0.1, 0.15) is 45.5 Å². The summed E-state index contributed by atoms with van der Waals surface area (Å²) in [5.41, 5.74) is -0.410. The molecule has 5 heteroatoms. The highest BCUT2D eigenvalue weighted by Crippen LogP contribution is 2.16. The van der Waals surface area contributed by atoms with E-state index in [0.717, 1.165) is 0 Å². The van der Waals surface area contributed by atoms with Crippen LogP contribution in [0.25, 0.3) is 0 Å². The SMILES string of the molecule is Cc1nc([C@@H](C)NC(=O)C(C)(C)C)no1. The van der Waals surface area contributed by atoms with Crippen molar-refractivity contribution in [2.75, 3.05) is 0 Å². The molecule has 0 spiro atoms. The second-order valence-electron chi connectivity index (χ2n) is 4.62. The van der Waals surface area contributed by atoms with Gasteiger partial charge in [-0.05, 0) is 6.92 Å². The molecule has 0 bridgehead atoms. The van der Waals surface area contributed by atoms with Crippen LogP contribution in [0.5, 0.6) is 0 Å². The monoisotopic (exact) mass is 211 g/mol. The first-order chi connectivity index (χ1) is 6.80. The lowest BCUT2D eigenvalue weighted by atomic mass is 9.95. The molecule has 1 amide bonds. The third-order valence-corrected chi connectivity index (χ3v) is 1.96. The van der Waals surface area contributed by atoms with Gasteiger partial charge in [0, 0.05) is 12.3 Å². The van der Waals surface area contributed by atoms with E-state index in [2.05, 4.69) is 15.5 Å². The summed E-state index contributed by atoms with van der Waals surface area (Å²) in [7, 11) is 0. The number of hydrogen-bond donors (Lipinski definition) is 1. The molecule has 0 aliphatic rings. The molecule has 1 heterocycles. The van der Waals surface area contributed by atoms with Crippen LogP contribution in [0.3, 0.4) is 0 Å². The van der Waals surface area contributed by atoms with E-state index < -0.39 is 5.41 Å². The molecule has 0 fully saturated rings. The summed E-state index contributed by atoms with van der Waals surface area (Å²) in [6.45, 7) is 9.12. The van der Waals surface area contributed by atoms with Gasteiger partial charge in [-0.15, -0.1) is 0 Å². The number of aryl methyl sites for hydroxylation is 1. The fraction of sp³-hybridized carbons (Fsp3) is 0.700. The van der Waals surface area contributed by atoms with E-state index in [1.807, 2.05) is 27.7 Å². The smallest absolute Gasteiger partial charge is 0.225 e. The van der Waals surface area contributed by atoms with E-state index in [1.165, 1.54) is 0 Å². The van der Waals surface area contributed by atoms with E-state index in [1.54, 1.807) is 6.92 Å². The molecule has 1 N–H and O–H groups in total. The van der Waals surface area contributed by atoms with Gasteiger partial charge in [-0.25, -0.2) is 0 Å². The van der Waals surface area contributed by atoms with E-state index in [0.29, 0.717) is 11.7 Å². The van der Waals surface area contributed by atoms with Crippen LogP contribution in [0, 0.1) is 12.3 Å². The largest absolute Gasteiger partial charge is 0.346 e. The van der Waals surface area contributed by atoms with Gasteiger partial charge in [-0.2, -0.15) is 4.98 Å². The van der Waals surface area contributed by atoms with Gasteiger partial charge in [-0.3, -0.25) is 4.79 Å². The fourth-order valence-electron chi connectivity index (χ4n) is 0.969. The van der Waals surface area contributed by atoms with Gasteiger partial charge in [0.1, 0.15) is 0 Å². The molecule has 1 rings (SSSR count). The lowest BCUT2D eigenvalue weighted by Gasteiger charge is -2.20. The van der Waals surface area contributed by atoms with Crippen LogP contribution in [0.15, 0.2) is 4.52 Å². The van der Waals surface area contributed by atoms with Gasteiger partial charge in [0.05, 0.1) is 6.04 Å². The summed E-state index contributed by atoms with van der Waals surface area (Å²) >= 11 is 0. The Morgan fingerprint density at radius 2 is 2.07 bits per heavy atom. The van der Waals surface area contributed by atoms with Gasteiger partial charge in [-0.1, -0.05) is 25.9 Å². The first-order valence-corrected chi connectivity index (χ1v) is 4.92. The minimum absolute atomic E-state index is 0.0301. The molecule has 0 unspecified atom stereocenters. The van der Waals surface area contributed by atoms with Gasteiger partial charge >= 0.3 is 0 Å². The summed E-state index contributed by atoms with van der Waals surface area (Å²) in [6, 6.07) is -0.228. The molecule has 84 valence electrons. The molecule has 0 saturated heterocycles. The third-order valence-electron chi connectivity index (χ3n) is 1.96. The van der Waals surface area contributed by atoms with Crippen molar-refractivity contribution >= 4 is 5.91 Å². The predicted molar refractivity (Wildman–Crippen MR) is 55.0 cm³/mol. The van der Waals surface area contributed by atoms with Gasteiger partial charge in [0.2, 0.25) is 11.8 Å². The Balaban J connectivity index is 2.64. The number of nitrogens with zero attached hydrogens (tertiary/aromatic N) is 2. The zero-order valence-corrected chi connectivity index (χ0v) is 9.79. The van der Waals surface area contributed by atoms with Gasteiger partial charge < -0.3 is 9.84 Å². The predicted octanol–water partition coefficient (Wildman–Crippen LogP) is 1.60. The molecule has 5 nitrogen and oxygen atoms in total. The second-order valence-corrected chi connectivity index (χ2v) is 4.62. The molecule has 0 radical (unpaired) electrons. The van der Waals surface area contributed by atoms with E-state index in [4.69, 9.17) is 4.52 Å². The fourth-order valence-corrected chi connectivity index (χ4v) is 0.969. The number of nitrogens with one attached hydrogen (secondary N) is 1. The molecule has 15 heavy (non-hydrogen) atoms. The standard InChI is InChI=1S/C10H17N3O2/c1-6(8-12-7(2)15-13-8)11-9(14)10(3,4)5/h6H,1-5H3,(H,11,14)/t6-/m1/s1. The molecule has 1 atom stereocenters. The average Bonchev–Trinajstić information content (AvgIpc) is 2.50. The number of amides is 1. The second kappa shape index (κ2) is 4.00. The van der Waals surface area contributed by atoms with E-state index in [-0.39, 0.29) is 11.9 Å².